The zero-order chi connectivity index (χ0) is 41.1. The maximum atomic E-state index is 12.9. The van der Waals surface area contributed by atoms with Gasteiger partial charge in [0, 0.05) is 12.8 Å². The van der Waals surface area contributed by atoms with E-state index in [-0.39, 0.29) is 80.9 Å². The van der Waals surface area contributed by atoms with Gasteiger partial charge in [-0.2, -0.15) is 0 Å². The third-order valence-corrected chi connectivity index (χ3v) is 8.19. The van der Waals surface area contributed by atoms with Crippen LogP contribution in [-0.4, -0.2) is 109 Å². The summed E-state index contributed by atoms with van der Waals surface area (Å²) < 4.78 is 19.2. The number of hydrogen-bond donors (Lipinski definition) is 4. The first-order valence-electron chi connectivity index (χ1n) is 17.5. The van der Waals surface area contributed by atoms with Crippen molar-refractivity contribution in [3.63, 3.8) is 0 Å². The molecule has 0 unspecified atom stereocenters. The Kier molecular flexibility index (Phi) is 21.4. The highest BCUT2D eigenvalue weighted by Crippen LogP contribution is 2.20. The van der Waals surface area contributed by atoms with E-state index >= 15 is 0 Å². The molecule has 4 N–H and O–H groups in total. The number of alkyl carbamates (subject to hydrolysis) is 2. The predicted octanol–water partition coefficient (Wildman–Crippen LogP) is 2.81. The van der Waals surface area contributed by atoms with Crippen LogP contribution in [0.2, 0.25) is 0 Å². The number of carbonyl (C=O) groups excluding carboxylic acids is 7. The number of ether oxygens (including phenoxy) is 4. The summed E-state index contributed by atoms with van der Waals surface area (Å²) in [5, 5.41) is 16.1. The van der Waals surface area contributed by atoms with E-state index in [2.05, 4.69) is 25.4 Å². The van der Waals surface area contributed by atoms with E-state index in [9.17, 15) is 38.4 Å². The quantitative estimate of drug-likeness (QED) is 0.179. The first kappa shape index (κ1) is 48.5. The topological polar surface area (TPSA) is 233 Å². The molecule has 0 saturated carbocycles. The van der Waals surface area contributed by atoms with E-state index in [1.807, 2.05) is 60.7 Å². The van der Waals surface area contributed by atoms with Crippen molar-refractivity contribution in [2.24, 2.45) is 11.8 Å². The maximum absolute atomic E-state index is 12.9. The SMILES string of the molecule is COC(=O)N[C@H](C(=O)N1CC(=O)C[C@H]1C(=O)OCc1ccccc1)C(C)C.COC(=O)N[C@H](C(=O)O)C(C)C.Cl.O=C1CN[C@H](C(=O)OCc2ccccc2)C1. The molecule has 3 amide bonds. The molecule has 308 valence electrons. The van der Waals surface area contributed by atoms with Gasteiger partial charge in [-0.25, -0.2) is 19.2 Å². The number of carbonyl (C=O) groups is 8. The Hall–Kier alpha value is -5.55. The number of benzene rings is 2. The molecule has 2 fully saturated rings. The number of nitrogens with zero attached hydrogens (tertiary/aromatic N) is 1. The van der Waals surface area contributed by atoms with Gasteiger partial charge in [0.1, 0.15) is 43.2 Å². The van der Waals surface area contributed by atoms with Gasteiger partial charge in [0.05, 0.1) is 27.3 Å². The molecule has 0 radical (unpaired) electrons. The lowest BCUT2D eigenvalue weighted by Crippen LogP contribution is -2.54. The summed E-state index contributed by atoms with van der Waals surface area (Å²) in [7, 11) is 2.38. The molecule has 2 heterocycles. The maximum Gasteiger partial charge on any atom is 0.407 e. The molecule has 18 heteroatoms. The van der Waals surface area contributed by atoms with Gasteiger partial charge in [0.25, 0.3) is 0 Å². The van der Waals surface area contributed by atoms with Crippen molar-refractivity contribution in [3.05, 3.63) is 71.8 Å². The van der Waals surface area contributed by atoms with Gasteiger partial charge in [-0.05, 0) is 23.0 Å². The van der Waals surface area contributed by atoms with Crippen molar-refractivity contribution < 1.29 is 62.4 Å². The first-order valence-corrected chi connectivity index (χ1v) is 17.5. The minimum absolute atomic E-state index is 0. The minimum atomic E-state index is -1.06. The number of halogens is 1. The summed E-state index contributed by atoms with van der Waals surface area (Å²) in [4.78, 5) is 93.6. The van der Waals surface area contributed by atoms with E-state index in [0.717, 1.165) is 11.1 Å². The fraction of sp³-hybridized carbons (Fsp3) is 0.474. The Balaban J connectivity index is 0.000000459. The molecule has 4 rings (SSSR count). The van der Waals surface area contributed by atoms with Gasteiger partial charge in [-0.3, -0.25) is 24.5 Å². The lowest BCUT2D eigenvalue weighted by atomic mass is 10.0. The van der Waals surface area contributed by atoms with Crippen molar-refractivity contribution in [2.45, 2.75) is 77.9 Å². The second-order valence-electron chi connectivity index (χ2n) is 13.1. The smallest absolute Gasteiger partial charge is 0.407 e. The highest BCUT2D eigenvalue weighted by atomic mass is 35.5. The van der Waals surface area contributed by atoms with E-state index in [4.69, 9.17) is 14.6 Å². The number of hydrogen-bond acceptors (Lipinski definition) is 13. The molecule has 2 aromatic rings. The summed E-state index contributed by atoms with van der Waals surface area (Å²) >= 11 is 0. The van der Waals surface area contributed by atoms with Crippen LogP contribution in [0.4, 0.5) is 9.59 Å². The van der Waals surface area contributed by atoms with Crippen molar-refractivity contribution in [3.8, 4) is 0 Å². The summed E-state index contributed by atoms with van der Waals surface area (Å²) in [6.45, 7) is 7.30. The number of rotatable bonds is 12. The summed E-state index contributed by atoms with van der Waals surface area (Å²) in [5.74, 6) is -3.16. The normalized spacial score (nSPS) is 16.8. The van der Waals surface area contributed by atoms with Crippen LogP contribution in [-0.2, 0) is 60.9 Å². The molecule has 0 bridgehead atoms. The average molecular weight is 807 g/mol. The number of ketones is 2. The van der Waals surface area contributed by atoms with Crippen LogP contribution < -0.4 is 16.0 Å². The Morgan fingerprint density at radius 1 is 0.732 bits per heavy atom. The third-order valence-electron chi connectivity index (χ3n) is 8.19. The molecule has 2 aliphatic rings. The number of esters is 2. The van der Waals surface area contributed by atoms with Crippen LogP contribution in [0.3, 0.4) is 0 Å². The molecule has 17 nitrogen and oxygen atoms in total. The van der Waals surface area contributed by atoms with Crippen LogP contribution in [0.25, 0.3) is 0 Å². The molecule has 56 heavy (non-hydrogen) atoms. The second kappa shape index (κ2) is 24.8. The van der Waals surface area contributed by atoms with E-state index < -0.39 is 54.2 Å². The fourth-order valence-electron chi connectivity index (χ4n) is 5.14. The summed E-state index contributed by atoms with van der Waals surface area (Å²) in [5.41, 5.74) is 1.75. The monoisotopic (exact) mass is 806 g/mol. The van der Waals surface area contributed by atoms with Crippen LogP contribution >= 0.6 is 12.4 Å². The number of carboxylic acids is 1. The fourth-order valence-corrected chi connectivity index (χ4v) is 5.14. The zero-order valence-corrected chi connectivity index (χ0v) is 33.0. The van der Waals surface area contributed by atoms with Crippen molar-refractivity contribution in [1.29, 1.82) is 0 Å². The Morgan fingerprint density at radius 2 is 1.20 bits per heavy atom. The molecule has 2 saturated heterocycles. The number of Topliss-reactive ketones (excluding diaryl/α,β-unsaturated/α-hetero) is 2. The number of amides is 3. The standard InChI is InChI=1S/C19H24N2O6.C12H13NO3.C7H13NO4.ClH/c1-12(2)16(20-19(25)26-3)17(23)21-10-14(22)9-15(21)18(24)27-11-13-7-5-4-6-8-13;14-10-6-11(13-7-10)12(15)16-8-9-4-2-1-3-5-9;1-4(2)5(6(9)10)8-7(11)12-3;/h4-8,12,15-16H,9-11H2,1-3H3,(H,20,25);1-5,11,13H,6-8H2;4-5H,1-3H3,(H,8,11)(H,9,10);1H/t15-,16-;11-;5-;/m000./s1. The van der Waals surface area contributed by atoms with Crippen LogP contribution in [0.1, 0.15) is 51.7 Å². The molecule has 2 aliphatic heterocycles. The van der Waals surface area contributed by atoms with Crippen molar-refractivity contribution in [1.82, 2.24) is 20.9 Å². The lowest BCUT2D eigenvalue weighted by Gasteiger charge is -2.29. The molecule has 0 aromatic heterocycles. The van der Waals surface area contributed by atoms with E-state index in [0.29, 0.717) is 0 Å². The zero-order valence-electron chi connectivity index (χ0n) is 32.2. The molecule has 0 aliphatic carbocycles. The van der Waals surface area contributed by atoms with Gasteiger partial charge in [0.15, 0.2) is 5.78 Å². The molecule has 4 atom stereocenters. The first-order chi connectivity index (χ1) is 26.1. The molecular weight excluding hydrogens is 756 g/mol. The van der Waals surface area contributed by atoms with Crippen molar-refractivity contribution >= 4 is 60.0 Å². The highest BCUT2D eigenvalue weighted by Gasteiger charge is 2.43. The number of likely N-dealkylation sites (tertiary alicyclic amines) is 1. The Labute approximate surface area is 331 Å². The van der Waals surface area contributed by atoms with E-state index in [1.165, 1.54) is 19.1 Å². The molecule has 2 aromatic carbocycles. The highest BCUT2D eigenvalue weighted by molar-refractivity contribution is 5.99. The van der Waals surface area contributed by atoms with Crippen LogP contribution in [0, 0.1) is 11.8 Å². The predicted molar refractivity (Wildman–Crippen MR) is 202 cm³/mol. The van der Waals surface area contributed by atoms with Gasteiger partial charge in [0.2, 0.25) is 5.91 Å². The molecular formula is C38H51ClN4O13. The minimum Gasteiger partial charge on any atom is -0.480 e. The largest absolute Gasteiger partial charge is 0.480 e. The lowest BCUT2D eigenvalue weighted by molar-refractivity contribution is -0.155. The Bertz CT molecular complexity index is 1630. The number of aliphatic carboxylic acids is 1. The second-order valence-corrected chi connectivity index (χ2v) is 13.1. The number of methoxy groups -OCH3 is 2. The Morgan fingerprint density at radius 3 is 1.61 bits per heavy atom. The van der Waals surface area contributed by atoms with Crippen molar-refractivity contribution in [2.75, 3.05) is 27.3 Å². The van der Waals surface area contributed by atoms with Gasteiger partial charge < -0.3 is 39.6 Å². The summed E-state index contributed by atoms with van der Waals surface area (Å²) in [6, 6.07) is 15.3. The third kappa shape index (κ3) is 16.4. The number of carboxylic acid groups (broad SMARTS) is 1. The average Bonchev–Trinajstić information content (AvgIpc) is 3.79. The number of nitrogens with one attached hydrogen (secondary N) is 3. The van der Waals surface area contributed by atoms with E-state index in [1.54, 1.807) is 27.7 Å². The van der Waals surface area contributed by atoms with Gasteiger partial charge in [-0.1, -0.05) is 88.4 Å². The van der Waals surface area contributed by atoms with Gasteiger partial charge in [-0.15, -0.1) is 12.4 Å². The van der Waals surface area contributed by atoms with Crippen LogP contribution in [0.5, 0.6) is 0 Å². The van der Waals surface area contributed by atoms with Crippen LogP contribution in [0.15, 0.2) is 60.7 Å². The van der Waals surface area contributed by atoms with Gasteiger partial charge >= 0.3 is 30.1 Å². The molecule has 0 spiro atoms. The summed E-state index contributed by atoms with van der Waals surface area (Å²) in [6.07, 6.45) is -1.33.